The Kier molecular flexibility index (Phi) is 5.35. The Morgan fingerprint density at radius 3 is 2.59 bits per heavy atom. The second-order valence-electron chi connectivity index (χ2n) is 8.89. The molecule has 0 atom stereocenters. The summed E-state index contributed by atoms with van der Waals surface area (Å²) in [7, 11) is 1.66. The number of methoxy groups -OCH3 is 1. The molecule has 0 aliphatic carbocycles. The van der Waals surface area contributed by atoms with Crippen molar-refractivity contribution in [2.24, 2.45) is 0 Å². The third-order valence-corrected chi connectivity index (χ3v) is 6.71. The second kappa shape index (κ2) is 8.18. The number of thiophene rings is 1. The van der Waals surface area contributed by atoms with Crippen LogP contribution >= 0.6 is 11.3 Å². The first-order valence-corrected chi connectivity index (χ1v) is 11.6. The smallest absolute Gasteiger partial charge is 0.189 e. The fraction of sp³-hybridized carbons (Fsp3) is 0.375. The zero-order valence-electron chi connectivity index (χ0n) is 18.8. The van der Waals surface area contributed by atoms with Crippen molar-refractivity contribution in [1.82, 2.24) is 19.8 Å². The molecule has 0 N–H and O–H groups in total. The molecule has 0 radical (unpaired) electrons. The lowest BCUT2D eigenvalue weighted by atomic mass is 9.91. The Morgan fingerprint density at radius 1 is 1.06 bits per heavy atom. The molecule has 8 heteroatoms. The van der Waals surface area contributed by atoms with Gasteiger partial charge in [0.05, 0.1) is 36.6 Å². The lowest BCUT2D eigenvalue weighted by molar-refractivity contribution is 0.123. The largest absolute Gasteiger partial charge is 0.496 e. The highest BCUT2D eigenvalue weighted by Gasteiger charge is 2.25. The summed E-state index contributed by atoms with van der Waals surface area (Å²) < 4.78 is 12.9. The molecule has 0 amide bonds. The van der Waals surface area contributed by atoms with Gasteiger partial charge in [-0.3, -0.25) is 0 Å². The predicted octanol–water partition coefficient (Wildman–Crippen LogP) is 3.54. The lowest BCUT2D eigenvalue weighted by Gasteiger charge is -2.27. The van der Waals surface area contributed by atoms with Crippen LogP contribution in [0.4, 0.5) is 5.00 Å². The number of nitrogens with zero attached hydrogens (tertiary/aromatic N) is 5. The molecule has 166 valence electrons. The number of ether oxygens (including phenoxy) is 2. The molecular weight excluding hydrogens is 422 g/mol. The van der Waals surface area contributed by atoms with Gasteiger partial charge in [0, 0.05) is 28.6 Å². The number of anilines is 1. The number of hydrogen-bond donors (Lipinski definition) is 0. The van der Waals surface area contributed by atoms with Crippen molar-refractivity contribution in [3.05, 3.63) is 52.2 Å². The zero-order chi connectivity index (χ0) is 22.3. The van der Waals surface area contributed by atoms with E-state index in [2.05, 4.69) is 54.1 Å². The number of aromatic nitrogens is 4. The van der Waals surface area contributed by atoms with Gasteiger partial charge in [-0.1, -0.05) is 32.9 Å². The fourth-order valence-electron chi connectivity index (χ4n) is 4.00. The van der Waals surface area contributed by atoms with Gasteiger partial charge in [0.25, 0.3) is 0 Å². The van der Waals surface area contributed by atoms with E-state index in [1.54, 1.807) is 18.4 Å². The first-order chi connectivity index (χ1) is 15.5. The number of benzene rings is 1. The molecule has 32 heavy (non-hydrogen) atoms. The molecule has 1 fully saturated rings. The molecule has 1 aliphatic heterocycles. The van der Waals surface area contributed by atoms with Gasteiger partial charge in [-0.2, -0.15) is 9.61 Å². The minimum atomic E-state index is -0.144. The van der Waals surface area contributed by atoms with Crippen LogP contribution in [0.2, 0.25) is 0 Å². The van der Waals surface area contributed by atoms with Crippen LogP contribution in [0.5, 0.6) is 5.75 Å². The van der Waals surface area contributed by atoms with Crippen molar-refractivity contribution >= 4 is 28.1 Å². The van der Waals surface area contributed by atoms with Crippen molar-refractivity contribution in [3.8, 4) is 17.1 Å². The van der Waals surface area contributed by atoms with E-state index in [4.69, 9.17) is 14.6 Å². The van der Waals surface area contributed by atoms with E-state index in [9.17, 15) is 0 Å². The van der Waals surface area contributed by atoms with E-state index in [1.165, 1.54) is 9.88 Å². The van der Waals surface area contributed by atoms with Gasteiger partial charge < -0.3 is 14.4 Å². The third kappa shape index (κ3) is 3.73. The van der Waals surface area contributed by atoms with Crippen LogP contribution < -0.4 is 14.9 Å². The van der Waals surface area contributed by atoms with Gasteiger partial charge in [-0.15, -0.1) is 21.5 Å². The molecule has 7 nitrogen and oxygen atoms in total. The minimum Gasteiger partial charge on any atom is -0.496 e. The summed E-state index contributed by atoms with van der Waals surface area (Å²) in [5.74, 6) is 1.43. The highest BCUT2D eigenvalue weighted by Crippen LogP contribution is 2.30. The summed E-state index contributed by atoms with van der Waals surface area (Å²) in [5.41, 5.74) is 2.49. The van der Waals surface area contributed by atoms with Crippen molar-refractivity contribution in [2.75, 3.05) is 38.3 Å². The summed E-state index contributed by atoms with van der Waals surface area (Å²) in [5, 5.41) is 16.3. The zero-order valence-corrected chi connectivity index (χ0v) is 19.6. The molecule has 0 unspecified atom stereocenters. The first-order valence-electron chi connectivity index (χ1n) is 10.8. The summed E-state index contributed by atoms with van der Waals surface area (Å²) in [6.45, 7) is 9.96. The molecule has 0 spiro atoms. The SMILES string of the molecule is COc1ccccc1-c1nnc2c(=Cc3ccc(N4CCOCC4)s3)c(C(C)(C)C)nn12. The van der Waals surface area contributed by atoms with Crippen LogP contribution in [0.25, 0.3) is 23.1 Å². The highest BCUT2D eigenvalue weighted by atomic mass is 32.1. The number of morpholine rings is 1. The molecule has 1 aliphatic rings. The van der Waals surface area contributed by atoms with Gasteiger partial charge in [-0.25, -0.2) is 0 Å². The van der Waals surface area contributed by atoms with E-state index in [0.717, 1.165) is 54.2 Å². The van der Waals surface area contributed by atoms with Gasteiger partial charge >= 0.3 is 0 Å². The fourth-order valence-corrected chi connectivity index (χ4v) is 5.00. The maximum atomic E-state index is 5.55. The summed E-state index contributed by atoms with van der Waals surface area (Å²) in [6.07, 6.45) is 2.19. The van der Waals surface area contributed by atoms with E-state index in [0.29, 0.717) is 5.82 Å². The minimum absolute atomic E-state index is 0.144. The van der Waals surface area contributed by atoms with Crippen LogP contribution in [-0.2, 0) is 10.2 Å². The van der Waals surface area contributed by atoms with Crippen molar-refractivity contribution in [2.45, 2.75) is 26.2 Å². The topological polar surface area (TPSA) is 64.8 Å². The summed E-state index contributed by atoms with van der Waals surface area (Å²) in [6, 6.07) is 12.2. The van der Waals surface area contributed by atoms with Crippen molar-refractivity contribution in [1.29, 1.82) is 0 Å². The maximum absolute atomic E-state index is 5.55. The van der Waals surface area contributed by atoms with Gasteiger partial charge in [0.2, 0.25) is 0 Å². The van der Waals surface area contributed by atoms with Gasteiger partial charge in [0.15, 0.2) is 11.5 Å². The van der Waals surface area contributed by atoms with Gasteiger partial charge in [0.1, 0.15) is 5.75 Å². The monoisotopic (exact) mass is 449 g/mol. The molecule has 1 aromatic carbocycles. The number of para-hydroxylation sites is 1. The van der Waals surface area contributed by atoms with Crippen molar-refractivity contribution < 1.29 is 9.47 Å². The average Bonchev–Trinajstić information content (AvgIpc) is 3.50. The number of hydrogen-bond acceptors (Lipinski definition) is 7. The van der Waals surface area contributed by atoms with E-state index in [-0.39, 0.29) is 5.41 Å². The van der Waals surface area contributed by atoms with E-state index < -0.39 is 0 Å². The molecule has 0 bridgehead atoms. The van der Waals surface area contributed by atoms with Crippen LogP contribution in [0.3, 0.4) is 0 Å². The molecule has 1 saturated heterocycles. The van der Waals surface area contributed by atoms with Crippen LogP contribution in [0, 0.1) is 0 Å². The predicted molar refractivity (Wildman–Crippen MR) is 128 cm³/mol. The summed E-state index contributed by atoms with van der Waals surface area (Å²) >= 11 is 1.78. The molecule has 3 aromatic heterocycles. The second-order valence-corrected chi connectivity index (χ2v) is 9.99. The van der Waals surface area contributed by atoms with Crippen LogP contribution in [0.1, 0.15) is 31.3 Å². The van der Waals surface area contributed by atoms with Gasteiger partial charge in [-0.05, 0) is 30.3 Å². The maximum Gasteiger partial charge on any atom is 0.189 e. The quantitative estimate of drug-likeness (QED) is 0.475. The molecule has 4 heterocycles. The Balaban J connectivity index is 1.64. The highest BCUT2D eigenvalue weighted by molar-refractivity contribution is 7.16. The van der Waals surface area contributed by atoms with E-state index >= 15 is 0 Å². The Morgan fingerprint density at radius 2 is 1.84 bits per heavy atom. The number of rotatable bonds is 4. The molecule has 4 aromatic rings. The Hall–Kier alpha value is -2.97. The first kappa shape index (κ1) is 20.9. The van der Waals surface area contributed by atoms with Crippen LogP contribution in [0.15, 0.2) is 36.4 Å². The normalized spacial score (nSPS) is 15.6. The standard InChI is InChI=1S/C24H27N5O2S/c1-24(2,3)21-18(15-16-9-10-20(32-16)28-11-13-31-14-12-28)23-26-25-22(29(23)27-21)17-7-5-6-8-19(17)30-4/h5-10,15H,11-14H2,1-4H3. The summed E-state index contributed by atoms with van der Waals surface area (Å²) in [4.78, 5) is 3.56. The Labute approximate surface area is 191 Å². The molecular formula is C24H27N5O2S. The lowest BCUT2D eigenvalue weighted by Crippen LogP contribution is -2.35. The van der Waals surface area contributed by atoms with Crippen molar-refractivity contribution in [3.63, 3.8) is 0 Å². The molecule has 5 rings (SSSR count). The average molecular weight is 450 g/mol. The third-order valence-electron chi connectivity index (χ3n) is 5.62. The Bertz CT molecular complexity index is 1300. The van der Waals surface area contributed by atoms with Crippen LogP contribution in [-0.4, -0.2) is 53.2 Å². The number of fused-ring (bicyclic) bond motifs is 1. The van der Waals surface area contributed by atoms with E-state index in [1.807, 2.05) is 28.8 Å². The molecule has 0 saturated carbocycles.